The van der Waals surface area contributed by atoms with E-state index in [-0.39, 0.29) is 5.41 Å². The quantitative estimate of drug-likeness (QED) is 0.173. The average Bonchev–Trinajstić information content (AvgIpc) is 3.50. The van der Waals surface area contributed by atoms with E-state index < -0.39 is 0 Å². The minimum absolute atomic E-state index is 0.0526. The lowest BCUT2D eigenvalue weighted by molar-refractivity contribution is 0.666. The van der Waals surface area contributed by atoms with Crippen LogP contribution in [-0.4, -0.2) is 15.0 Å². The predicted molar refractivity (Wildman–Crippen MR) is 228 cm³/mol. The van der Waals surface area contributed by atoms with Crippen LogP contribution in [0, 0.1) is 0 Å². The summed E-state index contributed by atoms with van der Waals surface area (Å²) in [4.78, 5) is 14.2. The monoisotopic (exact) mass is 703 g/mol. The number of benzene rings is 7. The van der Waals surface area contributed by atoms with Crippen LogP contribution in [0.5, 0.6) is 0 Å². The molecule has 0 atom stereocenters. The van der Waals surface area contributed by atoms with Crippen molar-refractivity contribution in [2.75, 3.05) is 0 Å². The number of nitrogens with zero attached hydrogens (tertiary/aromatic N) is 3. The molecule has 0 radical (unpaired) electrons. The molecule has 0 fully saturated rings. The fraction of sp³-hybridized carbons (Fsp3) is 0.0577. The third kappa shape index (κ3) is 5.82. The van der Waals surface area contributed by atoms with Crippen LogP contribution in [0.2, 0.25) is 0 Å². The van der Waals surface area contributed by atoms with Gasteiger partial charge in [0.2, 0.25) is 0 Å². The van der Waals surface area contributed by atoms with Gasteiger partial charge in [0.15, 0.2) is 5.82 Å². The maximum atomic E-state index is 5.06. The smallest absolute Gasteiger partial charge is 0.160 e. The second-order valence-electron chi connectivity index (χ2n) is 14.9. The fourth-order valence-corrected chi connectivity index (χ4v) is 8.32. The Kier molecular flexibility index (Phi) is 7.81. The van der Waals surface area contributed by atoms with Crippen molar-refractivity contribution in [1.82, 2.24) is 15.0 Å². The Morgan fingerprint density at radius 2 is 0.891 bits per heavy atom. The highest BCUT2D eigenvalue weighted by molar-refractivity contribution is 5.98. The molecule has 0 bridgehead atoms. The molecule has 0 saturated carbocycles. The van der Waals surface area contributed by atoms with Crippen LogP contribution in [0.1, 0.15) is 25.0 Å². The summed E-state index contributed by atoms with van der Waals surface area (Å²) in [5.74, 6) is 0.706. The molecule has 0 saturated heterocycles. The van der Waals surface area contributed by atoms with Gasteiger partial charge in [0, 0.05) is 34.5 Å². The molecular formula is C52H37N3. The molecule has 1 aliphatic carbocycles. The van der Waals surface area contributed by atoms with Crippen molar-refractivity contribution in [3.63, 3.8) is 0 Å². The number of fused-ring (bicyclic) bond motifs is 5. The minimum Gasteiger partial charge on any atom is -0.265 e. The first-order valence-corrected chi connectivity index (χ1v) is 18.8. The second-order valence-corrected chi connectivity index (χ2v) is 14.9. The zero-order chi connectivity index (χ0) is 36.9. The highest BCUT2D eigenvalue weighted by atomic mass is 14.9. The summed E-state index contributed by atoms with van der Waals surface area (Å²) in [6, 6.07) is 62.9. The largest absolute Gasteiger partial charge is 0.265 e. The first kappa shape index (κ1) is 32.7. The number of hydrogen-bond donors (Lipinski definition) is 0. The lowest BCUT2D eigenvalue weighted by atomic mass is 9.80. The Morgan fingerprint density at radius 3 is 1.51 bits per heavy atom. The second kappa shape index (κ2) is 13.2. The normalized spacial score (nSPS) is 12.7. The topological polar surface area (TPSA) is 38.7 Å². The average molecular weight is 704 g/mol. The van der Waals surface area contributed by atoms with Gasteiger partial charge in [-0.15, -0.1) is 0 Å². The van der Waals surface area contributed by atoms with Crippen LogP contribution in [-0.2, 0) is 5.41 Å². The van der Waals surface area contributed by atoms with Gasteiger partial charge in [-0.25, -0.2) is 9.97 Å². The third-order valence-corrected chi connectivity index (χ3v) is 11.2. The van der Waals surface area contributed by atoms with Gasteiger partial charge in [0.25, 0.3) is 0 Å². The van der Waals surface area contributed by atoms with E-state index in [4.69, 9.17) is 9.97 Å². The molecule has 0 unspecified atom stereocenters. The van der Waals surface area contributed by atoms with Crippen molar-refractivity contribution < 1.29 is 0 Å². The van der Waals surface area contributed by atoms with E-state index in [9.17, 15) is 0 Å². The fourth-order valence-electron chi connectivity index (χ4n) is 8.32. The van der Waals surface area contributed by atoms with Crippen LogP contribution in [0.4, 0.5) is 0 Å². The van der Waals surface area contributed by atoms with Crippen LogP contribution in [0.3, 0.4) is 0 Å². The summed E-state index contributed by atoms with van der Waals surface area (Å²) in [6.07, 6.45) is 3.64. The molecule has 3 heteroatoms. The van der Waals surface area contributed by atoms with Gasteiger partial charge >= 0.3 is 0 Å². The molecule has 2 aromatic heterocycles. The standard InChI is InChI=1S/C52H37N3/c1-52(2)47-27-25-43(32-46(47)45-26-24-39-8-6-7-11-44(39)50(45)52)37-14-12-34(13-15-37)35-16-20-40(21-17-35)48-33-49(55-51(54-48)42-9-4-3-5-10-42)41-22-18-36(19-23-41)38-28-30-53-31-29-38/h3-33H,1-2H3. The highest BCUT2D eigenvalue weighted by Crippen LogP contribution is 2.52. The van der Waals surface area contributed by atoms with E-state index in [1.807, 2.05) is 42.7 Å². The number of aromatic nitrogens is 3. The summed E-state index contributed by atoms with van der Waals surface area (Å²) < 4.78 is 0. The highest BCUT2D eigenvalue weighted by Gasteiger charge is 2.36. The zero-order valence-electron chi connectivity index (χ0n) is 30.7. The number of rotatable bonds is 6. The van der Waals surface area contributed by atoms with Crippen molar-refractivity contribution in [2.24, 2.45) is 0 Å². The van der Waals surface area contributed by atoms with E-state index in [1.165, 1.54) is 49.7 Å². The van der Waals surface area contributed by atoms with E-state index >= 15 is 0 Å². The molecule has 260 valence electrons. The Hall–Kier alpha value is -6.97. The maximum absolute atomic E-state index is 5.06. The molecular weight excluding hydrogens is 667 g/mol. The third-order valence-electron chi connectivity index (χ3n) is 11.2. The van der Waals surface area contributed by atoms with Gasteiger partial charge in [0.1, 0.15) is 0 Å². The van der Waals surface area contributed by atoms with Crippen molar-refractivity contribution in [3.05, 3.63) is 199 Å². The van der Waals surface area contributed by atoms with Gasteiger partial charge in [-0.1, -0.05) is 166 Å². The first-order chi connectivity index (χ1) is 27.0. The van der Waals surface area contributed by atoms with Crippen molar-refractivity contribution >= 4 is 10.8 Å². The van der Waals surface area contributed by atoms with Gasteiger partial charge in [-0.2, -0.15) is 0 Å². The van der Waals surface area contributed by atoms with Crippen LogP contribution >= 0.6 is 0 Å². The lowest BCUT2D eigenvalue weighted by Gasteiger charge is -2.23. The zero-order valence-corrected chi connectivity index (χ0v) is 30.7. The molecule has 0 amide bonds. The minimum atomic E-state index is -0.0526. The molecule has 0 spiro atoms. The van der Waals surface area contributed by atoms with Crippen molar-refractivity contribution in [3.8, 4) is 78.4 Å². The Labute approximate surface area is 321 Å². The summed E-state index contributed by atoms with van der Waals surface area (Å²) in [6.45, 7) is 4.72. The van der Waals surface area contributed by atoms with Crippen molar-refractivity contribution in [1.29, 1.82) is 0 Å². The van der Waals surface area contributed by atoms with E-state index in [1.54, 1.807) is 0 Å². The van der Waals surface area contributed by atoms with E-state index in [0.717, 1.165) is 44.8 Å². The molecule has 3 nitrogen and oxygen atoms in total. The van der Waals surface area contributed by atoms with Gasteiger partial charge in [0.05, 0.1) is 11.4 Å². The molecule has 0 aliphatic heterocycles. The first-order valence-electron chi connectivity index (χ1n) is 18.8. The maximum Gasteiger partial charge on any atom is 0.160 e. The van der Waals surface area contributed by atoms with Gasteiger partial charge < -0.3 is 0 Å². The Balaban J connectivity index is 0.945. The molecule has 1 aliphatic rings. The molecule has 9 aromatic rings. The molecule has 10 rings (SSSR count). The van der Waals surface area contributed by atoms with Gasteiger partial charge in [-0.3, -0.25) is 4.98 Å². The number of hydrogen-bond acceptors (Lipinski definition) is 3. The lowest BCUT2D eigenvalue weighted by Crippen LogP contribution is -2.15. The molecule has 2 heterocycles. The summed E-state index contributed by atoms with van der Waals surface area (Å²) in [7, 11) is 0. The van der Waals surface area contributed by atoms with Crippen LogP contribution in [0.25, 0.3) is 89.2 Å². The Morgan fingerprint density at radius 1 is 0.382 bits per heavy atom. The van der Waals surface area contributed by atoms with E-state index in [0.29, 0.717) is 5.82 Å². The summed E-state index contributed by atoms with van der Waals surface area (Å²) in [5.41, 5.74) is 17.4. The van der Waals surface area contributed by atoms with Gasteiger partial charge in [-0.05, 0) is 90.7 Å². The van der Waals surface area contributed by atoms with Crippen LogP contribution < -0.4 is 0 Å². The van der Waals surface area contributed by atoms with Crippen molar-refractivity contribution in [2.45, 2.75) is 19.3 Å². The summed E-state index contributed by atoms with van der Waals surface area (Å²) >= 11 is 0. The summed E-state index contributed by atoms with van der Waals surface area (Å²) in [5, 5.41) is 2.65. The molecule has 55 heavy (non-hydrogen) atoms. The number of pyridine rings is 1. The van der Waals surface area contributed by atoms with Crippen LogP contribution in [0.15, 0.2) is 188 Å². The molecule has 7 aromatic carbocycles. The van der Waals surface area contributed by atoms with E-state index in [2.05, 4.69) is 164 Å². The molecule has 0 N–H and O–H groups in total. The SMILES string of the molecule is CC1(C)c2ccc(-c3ccc(-c4ccc(-c5cc(-c6ccc(-c7ccncc7)cc6)nc(-c6ccccc6)n5)cc4)cc3)cc2-c2ccc3ccccc3c21. The Bertz CT molecular complexity index is 2840. The predicted octanol–water partition coefficient (Wildman–Crippen LogP) is 13.3.